The van der Waals surface area contributed by atoms with Crippen LogP contribution >= 0.6 is 0 Å². The third kappa shape index (κ3) is 4.01. The number of amides is 1. The molecule has 1 unspecified atom stereocenters. The monoisotopic (exact) mass is 441 g/mol. The normalized spacial score (nSPS) is 24.1. The van der Waals surface area contributed by atoms with E-state index in [-0.39, 0.29) is 29.2 Å². The standard InChI is InChI=1S/C26H29F2NO3/c27-20-5-3-19(4-6-20)26(11-1-2-12-26)24(30)29-15-13-25(14-16-29)17-23(18-31-25)32-22-9-7-21(28)8-10-22/h3-10,23H,1-2,11-18H2. The van der Waals surface area contributed by atoms with Crippen molar-refractivity contribution in [1.29, 1.82) is 0 Å². The molecule has 2 aromatic rings. The van der Waals surface area contributed by atoms with E-state index in [4.69, 9.17) is 9.47 Å². The van der Waals surface area contributed by atoms with Gasteiger partial charge in [0.05, 0.1) is 17.6 Å². The van der Waals surface area contributed by atoms with Crippen molar-refractivity contribution in [3.63, 3.8) is 0 Å². The first kappa shape index (κ1) is 21.4. The third-order valence-corrected chi connectivity index (χ3v) is 7.52. The first-order valence-corrected chi connectivity index (χ1v) is 11.6. The van der Waals surface area contributed by atoms with Gasteiger partial charge in [0.1, 0.15) is 23.5 Å². The summed E-state index contributed by atoms with van der Waals surface area (Å²) in [5.74, 6) is 0.264. The first-order chi connectivity index (χ1) is 15.5. The van der Waals surface area contributed by atoms with Crippen molar-refractivity contribution in [1.82, 2.24) is 4.90 Å². The zero-order valence-corrected chi connectivity index (χ0v) is 18.2. The number of piperidine rings is 1. The molecule has 3 aliphatic rings. The molecule has 2 aromatic carbocycles. The van der Waals surface area contributed by atoms with Crippen molar-refractivity contribution in [3.8, 4) is 5.75 Å². The maximum Gasteiger partial charge on any atom is 0.233 e. The summed E-state index contributed by atoms with van der Waals surface area (Å²) >= 11 is 0. The van der Waals surface area contributed by atoms with Crippen LogP contribution in [0.5, 0.6) is 5.75 Å². The molecule has 170 valence electrons. The van der Waals surface area contributed by atoms with Gasteiger partial charge in [0.2, 0.25) is 5.91 Å². The predicted octanol–water partition coefficient (Wildman–Crippen LogP) is 5.01. The Labute approximate surface area is 187 Å². The molecule has 1 spiro atoms. The molecule has 1 saturated carbocycles. The van der Waals surface area contributed by atoms with E-state index in [1.807, 2.05) is 4.90 Å². The van der Waals surface area contributed by atoms with Crippen LogP contribution in [-0.4, -0.2) is 42.2 Å². The van der Waals surface area contributed by atoms with Gasteiger partial charge in [0.15, 0.2) is 0 Å². The van der Waals surface area contributed by atoms with Crippen molar-refractivity contribution in [3.05, 3.63) is 65.7 Å². The van der Waals surface area contributed by atoms with Crippen LogP contribution in [0, 0.1) is 11.6 Å². The average Bonchev–Trinajstić information content (AvgIpc) is 3.45. The van der Waals surface area contributed by atoms with E-state index in [1.165, 1.54) is 24.3 Å². The van der Waals surface area contributed by atoms with Gasteiger partial charge >= 0.3 is 0 Å². The maximum absolute atomic E-state index is 13.7. The molecular formula is C26H29F2NO3. The molecule has 6 heteroatoms. The number of halogens is 2. The molecule has 2 aliphatic heterocycles. The van der Waals surface area contributed by atoms with E-state index < -0.39 is 5.41 Å². The minimum absolute atomic E-state index is 0.0666. The molecule has 4 nitrogen and oxygen atoms in total. The van der Waals surface area contributed by atoms with Crippen LogP contribution in [-0.2, 0) is 14.9 Å². The van der Waals surface area contributed by atoms with Crippen LogP contribution in [0.4, 0.5) is 8.78 Å². The van der Waals surface area contributed by atoms with Crippen LogP contribution in [0.25, 0.3) is 0 Å². The summed E-state index contributed by atoms with van der Waals surface area (Å²) in [5, 5.41) is 0. The number of hydrogen-bond donors (Lipinski definition) is 0. The van der Waals surface area contributed by atoms with Crippen molar-refractivity contribution >= 4 is 5.91 Å². The second-order valence-electron chi connectivity index (χ2n) is 9.48. The van der Waals surface area contributed by atoms with Gasteiger partial charge in [-0.15, -0.1) is 0 Å². The fourth-order valence-electron chi connectivity index (χ4n) is 5.73. The lowest BCUT2D eigenvalue weighted by molar-refractivity contribution is -0.142. The molecule has 2 heterocycles. The highest BCUT2D eigenvalue weighted by molar-refractivity contribution is 5.88. The largest absolute Gasteiger partial charge is 0.488 e. The van der Waals surface area contributed by atoms with Gasteiger partial charge in [-0.05, 0) is 67.6 Å². The quantitative estimate of drug-likeness (QED) is 0.670. The van der Waals surface area contributed by atoms with Gasteiger partial charge in [-0.2, -0.15) is 0 Å². The van der Waals surface area contributed by atoms with E-state index in [1.54, 1.807) is 24.3 Å². The Morgan fingerprint density at radius 3 is 2.12 bits per heavy atom. The molecule has 3 fully saturated rings. The fourth-order valence-corrected chi connectivity index (χ4v) is 5.73. The Morgan fingerprint density at radius 2 is 1.50 bits per heavy atom. The van der Waals surface area contributed by atoms with E-state index in [2.05, 4.69) is 0 Å². The highest BCUT2D eigenvalue weighted by Gasteiger charge is 2.49. The number of nitrogens with zero attached hydrogens (tertiary/aromatic N) is 1. The highest BCUT2D eigenvalue weighted by atomic mass is 19.1. The van der Waals surface area contributed by atoms with E-state index in [0.29, 0.717) is 25.4 Å². The van der Waals surface area contributed by atoms with E-state index in [9.17, 15) is 13.6 Å². The van der Waals surface area contributed by atoms with Gasteiger partial charge in [-0.1, -0.05) is 25.0 Å². The van der Waals surface area contributed by atoms with E-state index in [0.717, 1.165) is 50.5 Å². The molecule has 0 N–H and O–H groups in total. The Hall–Kier alpha value is -2.47. The Morgan fingerprint density at radius 1 is 0.906 bits per heavy atom. The summed E-state index contributed by atoms with van der Waals surface area (Å²) in [6, 6.07) is 12.5. The Kier molecular flexibility index (Phi) is 5.66. The van der Waals surface area contributed by atoms with Crippen LogP contribution in [0.1, 0.15) is 50.5 Å². The molecule has 1 atom stereocenters. The zero-order valence-electron chi connectivity index (χ0n) is 18.2. The smallest absolute Gasteiger partial charge is 0.233 e. The van der Waals surface area contributed by atoms with Crippen LogP contribution in [0.15, 0.2) is 48.5 Å². The number of rotatable bonds is 4. The molecule has 0 aromatic heterocycles. The number of ether oxygens (including phenoxy) is 2. The molecule has 0 radical (unpaired) electrons. The molecule has 1 aliphatic carbocycles. The van der Waals surface area contributed by atoms with Gasteiger partial charge in [0, 0.05) is 19.5 Å². The number of benzene rings is 2. The van der Waals surface area contributed by atoms with Crippen molar-refractivity contribution in [2.24, 2.45) is 0 Å². The molecule has 0 bridgehead atoms. The maximum atomic E-state index is 13.7. The number of carbonyl (C=O) groups excluding carboxylic acids is 1. The molecule has 2 saturated heterocycles. The van der Waals surface area contributed by atoms with Crippen molar-refractivity contribution < 1.29 is 23.0 Å². The first-order valence-electron chi connectivity index (χ1n) is 11.6. The number of likely N-dealkylation sites (tertiary alicyclic amines) is 1. The van der Waals surface area contributed by atoms with Crippen molar-refractivity contribution in [2.75, 3.05) is 19.7 Å². The molecule has 32 heavy (non-hydrogen) atoms. The molecule has 1 amide bonds. The van der Waals surface area contributed by atoms with Crippen molar-refractivity contribution in [2.45, 2.75) is 62.1 Å². The Balaban J connectivity index is 1.23. The highest BCUT2D eigenvalue weighted by Crippen LogP contribution is 2.44. The lowest BCUT2D eigenvalue weighted by atomic mass is 9.76. The summed E-state index contributed by atoms with van der Waals surface area (Å²) in [7, 11) is 0. The number of carbonyl (C=O) groups is 1. The minimum Gasteiger partial charge on any atom is -0.488 e. The number of hydrogen-bond acceptors (Lipinski definition) is 3. The van der Waals surface area contributed by atoms with E-state index >= 15 is 0 Å². The summed E-state index contributed by atoms with van der Waals surface area (Å²) < 4.78 is 38.8. The van der Waals surface area contributed by atoms with Crippen LogP contribution in [0.2, 0.25) is 0 Å². The predicted molar refractivity (Wildman–Crippen MR) is 116 cm³/mol. The minimum atomic E-state index is -0.525. The second kappa shape index (κ2) is 8.47. The zero-order chi connectivity index (χ0) is 22.2. The summed E-state index contributed by atoms with van der Waals surface area (Å²) in [6.45, 7) is 1.82. The molecular weight excluding hydrogens is 412 g/mol. The van der Waals surface area contributed by atoms with Gasteiger partial charge in [-0.3, -0.25) is 4.79 Å². The topological polar surface area (TPSA) is 38.8 Å². The van der Waals surface area contributed by atoms with Gasteiger partial charge in [0.25, 0.3) is 0 Å². The second-order valence-corrected chi connectivity index (χ2v) is 9.48. The Bertz CT molecular complexity index is 946. The van der Waals surface area contributed by atoms with Crippen LogP contribution < -0.4 is 4.74 Å². The molecule has 5 rings (SSSR count). The van der Waals surface area contributed by atoms with Crippen LogP contribution in [0.3, 0.4) is 0 Å². The summed E-state index contributed by atoms with van der Waals surface area (Å²) in [5.41, 5.74) is 0.148. The average molecular weight is 442 g/mol. The SMILES string of the molecule is O=C(N1CCC2(CC1)CC(Oc1ccc(F)cc1)CO2)C1(c2ccc(F)cc2)CCCC1. The summed E-state index contributed by atoms with van der Waals surface area (Å²) in [6.07, 6.45) is 5.95. The fraction of sp³-hybridized carbons (Fsp3) is 0.500. The lowest BCUT2D eigenvalue weighted by Crippen LogP contribution is -2.52. The summed E-state index contributed by atoms with van der Waals surface area (Å²) in [4.78, 5) is 15.7. The van der Waals surface area contributed by atoms with Gasteiger partial charge in [-0.25, -0.2) is 8.78 Å². The third-order valence-electron chi connectivity index (χ3n) is 7.52. The van der Waals surface area contributed by atoms with Gasteiger partial charge < -0.3 is 14.4 Å². The lowest BCUT2D eigenvalue weighted by Gasteiger charge is -2.42.